The smallest absolute Gasteiger partial charge is 0.325 e. The lowest BCUT2D eigenvalue weighted by Gasteiger charge is -2.09. The Morgan fingerprint density at radius 3 is 2.44 bits per heavy atom. The molecule has 0 aromatic heterocycles. The standard InChI is InChI=1S/C19H18Cl2N2O4/c1-12-4-2-3-5-13(12)11-27-18(25)10-22-17(24)9-23-19(26)15-7-6-14(20)8-16(15)21/h2-8H,9-11H2,1H3,(H,22,24)(H,23,26). The van der Waals surface area contributed by atoms with Crippen molar-refractivity contribution in [2.45, 2.75) is 13.5 Å². The molecule has 8 heteroatoms. The number of halogens is 2. The van der Waals surface area contributed by atoms with Gasteiger partial charge in [0.05, 0.1) is 17.1 Å². The number of ether oxygens (including phenoxy) is 1. The fraction of sp³-hybridized carbons (Fsp3) is 0.211. The number of amides is 2. The van der Waals surface area contributed by atoms with Gasteiger partial charge in [-0.15, -0.1) is 0 Å². The van der Waals surface area contributed by atoms with Crippen LogP contribution < -0.4 is 10.6 Å². The Morgan fingerprint density at radius 1 is 1.00 bits per heavy atom. The van der Waals surface area contributed by atoms with E-state index in [4.69, 9.17) is 27.9 Å². The van der Waals surface area contributed by atoms with Crippen molar-refractivity contribution in [3.8, 4) is 0 Å². The van der Waals surface area contributed by atoms with E-state index < -0.39 is 17.8 Å². The molecule has 0 saturated carbocycles. The summed E-state index contributed by atoms with van der Waals surface area (Å²) in [6.45, 7) is 1.46. The topological polar surface area (TPSA) is 84.5 Å². The fourth-order valence-electron chi connectivity index (χ4n) is 2.14. The molecule has 2 N–H and O–H groups in total. The van der Waals surface area contributed by atoms with Gasteiger partial charge in [0.15, 0.2) is 0 Å². The van der Waals surface area contributed by atoms with Gasteiger partial charge in [0.25, 0.3) is 5.91 Å². The van der Waals surface area contributed by atoms with E-state index in [1.54, 1.807) is 0 Å². The maximum absolute atomic E-state index is 12.0. The summed E-state index contributed by atoms with van der Waals surface area (Å²) < 4.78 is 5.11. The van der Waals surface area contributed by atoms with E-state index in [-0.39, 0.29) is 30.3 Å². The third kappa shape index (κ3) is 6.58. The van der Waals surface area contributed by atoms with Crippen molar-refractivity contribution in [2.24, 2.45) is 0 Å². The monoisotopic (exact) mass is 408 g/mol. The van der Waals surface area contributed by atoms with Gasteiger partial charge in [0, 0.05) is 5.02 Å². The Hall–Kier alpha value is -2.57. The molecule has 0 bridgehead atoms. The number of hydrogen-bond donors (Lipinski definition) is 2. The summed E-state index contributed by atoms with van der Waals surface area (Å²) in [5.74, 6) is -1.62. The molecule has 2 rings (SSSR count). The number of esters is 1. The van der Waals surface area contributed by atoms with Crippen LogP contribution >= 0.6 is 23.2 Å². The molecule has 0 aliphatic rings. The number of aryl methyl sites for hydroxylation is 1. The molecule has 0 aliphatic carbocycles. The molecule has 142 valence electrons. The largest absolute Gasteiger partial charge is 0.459 e. The lowest BCUT2D eigenvalue weighted by atomic mass is 10.1. The van der Waals surface area contributed by atoms with Crippen molar-refractivity contribution in [2.75, 3.05) is 13.1 Å². The van der Waals surface area contributed by atoms with E-state index in [1.807, 2.05) is 31.2 Å². The van der Waals surface area contributed by atoms with E-state index in [2.05, 4.69) is 10.6 Å². The summed E-state index contributed by atoms with van der Waals surface area (Å²) in [4.78, 5) is 35.5. The summed E-state index contributed by atoms with van der Waals surface area (Å²) in [6.07, 6.45) is 0. The number of carbonyl (C=O) groups excluding carboxylic acids is 3. The molecule has 0 saturated heterocycles. The van der Waals surface area contributed by atoms with Crippen molar-refractivity contribution < 1.29 is 19.1 Å². The van der Waals surface area contributed by atoms with Gasteiger partial charge in [-0.2, -0.15) is 0 Å². The van der Waals surface area contributed by atoms with Crippen LogP contribution in [0.1, 0.15) is 21.5 Å². The van der Waals surface area contributed by atoms with E-state index in [1.165, 1.54) is 18.2 Å². The van der Waals surface area contributed by atoms with Crippen LogP contribution in [0.5, 0.6) is 0 Å². The van der Waals surface area contributed by atoms with Gasteiger partial charge in [-0.25, -0.2) is 0 Å². The van der Waals surface area contributed by atoms with Crippen LogP contribution in [0, 0.1) is 6.92 Å². The zero-order chi connectivity index (χ0) is 19.8. The Kier molecular flexibility index (Phi) is 7.64. The second-order valence-electron chi connectivity index (χ2n) is 5.67. The van der Waals surface area contributed by atoms with Crippen molar-refractivity contribution in [1.82, 2.24) is 10.6 Å². The van der Waals surface area contributed by atoms with Gasteiger partial charge in [-0.05, 0) is 36.2 Å². The molecule has 2 aromatic rings. The average Bonchev–Trinajstić information content (AvgIpc) is 2.63. The first-order valence-electron chi connectivity index (χ1n) is 8.07. The second kappa shape index (κ2) is 9.94. The molecule has 0 atom stereocenters. The fourth-order valence-corrected chi connectivity index (χ4v) is 2.64. The van der Waals surface area contributed by atoms with Gasteiger partial charge in [-0.1, -0.05) is 47.5 Å². The maximum Gasteiger partial charge on any atom is 0.325 e. The summed E-state index contributed by atoms with van der Waals surface area (Å²) in [7, 11) is 0. The van der Waals surface area contributed by atoms with Crippen LogP contribution in [0.25, 0.3) is 0 Å². The minimum atomic E-state index is -0.571. The van der Waals surface area contributed by atoms with E-state index in [0.29, 0.717) is 5.02 Å². The average molecular weight is 409 g/mol. The van der Waals surface area contributed by atoms with Crippen molar-refractivity contribution in [3.05, 3.63) is 69.2 Å². The molecule has 0 fully saturated rings. The quantitative estimate of drug-likeness (QED) is 0.689. The van der Waals surface area contributed by atoms with Gasteiger partial charge in [0.1, 0.15) is 13.2 Å². The summed E-state index contributed by atoms with van der Waals surface area (Å²) in [6, 6.07) is 11.9. The number of carbonyl (C=O) groups is 3. The Balaban J connectivity index is 1.71. The molecule has 2 amide bonds. The Labute approximate surface area is 166 Å². The highest BCUT2D eigenvalue weighted by Gasteiger charge is 2.13. The molecule has 27 heavy (non-hydrogen) atoms. The molecule has 0 unspecified atom stereocenters. The third-order valence-corrected chi connectivity index (χ3v) is 4.21. The predicted molar refractivity (Wildman–Crippen MR) is 103 cm³/mol. The second-order valence-corrected chi connectivity index (χ2v) is 6.51. The minimum absolute atomic E-state index is 0.132. The number of hydrogen-bond acceptors (Lipinski definition) is 4. The highest BCUT2D eigenvalue weighted by molar-refractivity contribution is 6.36. The van der Waals surface area contributed by atoms with Gasteiger partial charge < -0.3 is 15.4 Å². The summed E-state index contributed by atoms with van der Waals surface area (Å²) in [5, 5.41) is 5.38. The van der Waals surface area contributed by atoms with Gasteiger partial charge in [-0.3, -0.25) is 14.4 Å². The Bertz CT molecular complexity index is 855. The lowest BCUT2D eigenvalue weighted by molar-refractivity contribution is -0.145. The number of nitrogens with one attached hydrogen (secondary N) is 2. The Morgan fingerprint density at radius 2 is 1.74 bits per heavy atom. The van der Waals surface area contributed by atoms with E-state index >= 15 is 0 Å². The first-order chi connectivity index (χ1) is 12.9. The van der Waals surface area contributed by atoms with Crippen molar-refractivity contribution in [3.63, 3.8) is 0 Å². The van der Waals surface area contributed by atoms with E-state index in [9.17, 15) is 14.4 Å². The van der Waals surface area contributed by atoms with Crippen LogP contribution in [0.15, 0.2) is 42.5 Å². The summed E-state index contributed by atoms with van der Waals surface area (Å²) >= 11 is 11.7. The van der Waals surface area contributed by atoms with Crippen molar-refractivity contribution >= 4 is 41.0 Å². The van der Waals surface area contributed by atoms with Crippen LogP contribution in [-0.4, -0.2) is 30.9 Å². The van der Waals surface area contributed by atoms with Gasteiger partial charge >= 0.3 is 5.97 Å². The first kappa shape index (κ1) is 20.7. The van der Waals surface area contributed by atoms with Crippen LogP contribution in [0.2, 0.25) is 10.0 Å². The predicted octanol–water partition coefficient (Wildman–Crippen LogP) is 2.89. The van der Waals surface area contributed by atoms with Crippen LogP contribution in [0.3, 0.4) is 0 Å². The number of rotatable bonds is 7. The molecule has 0 radical (unpaired) electrons. The van der Waals surface area contributed by atoms with E-state index in [0.717, 1.165) is 11.1 Å². The van der Waals surface area contributed by atoms with Crippen molar-refractivity contribution in [1.29, 1.82) is 0 Å². The molecular weight excluding hydrogens is 391 g/mol. The van der Waals surface area contributed by atoms with Gasteiger partial charge in [0.2, 0.25) is 5.91 Å². The highest BCUT2D eigenvalue weighted by Crippen LogP contribution is 2.20. The molecular formula is C19H18Cl2N2O4. The zero-order valence-electron chi connectivity index (χ0n) is 14.6. The lowest BCUT2D eigenvalue weighted by Crippen LogP contribution is -2.39. The van der Waals surface area contributed by atoms with Crippen LogP contribution in [-0.2, 0) is 20.9 Å². The molecule has 2 aromatic carbocycles. The molecule has 0 spiro atoms. The highest BCUT2D eigenvalue weighted by atomic mass is 35.5. The molecule has 0 heterocycles. The minimum Gasteiger partial charge on any atom is -0.459 e. The third-order valence-electron chi connectivity index (χ3n) is 3.67. The zero-order valence-corrected chi connectivity index (χ0v) is 16.1. The van der Waals surface area contributed by atoms with Crippen LogP contribution in [0.4, 0.5) is 0 Å². The number of benzene rings is 2. The normalized spacial score (nSPS) is 10.2. The maximum atomic E-state index is 12.0. The molecule has 0 aliphatic heterocycles. The summed E-state index contributed by atoms with van der Waals surface area (Å²) in [5.41, 5.74) is 2.11. The SMILES string of the molecule is Cc1ccccc1COC(=O)CNC(=O)CNC(=O)c1ccc(Cl)cc1Cl. The molecule has 6 nitrogen and oxygen atoms in total. The first-order valence-corrected chi connectivity index (χ1v) is 8.82.